The Hall–Kier alpha value is -2.69. The first kappa shape index (κ1) is 14.7. The van der Waals surface area contributed by atoms with Crippen molar-refractivity contribution < 1.29 is 24.1 Å². The van der Waals surface area contributed by atoms with E-state index in [0.717, 1.165) is 5.56 Å². The van der Waals surface area contributed by atoms with Crippen molar-refractivity contribution in [3.63, 3.8) is 0 Å². The molecule has 0 heterocycles. The third kappa shape index (κ3) is 3.45. The summed E-state index contributed by atoms with van der Waals surface area (Å²) in [7, 11) is 2.90. The number of rotatable bonds is 6. The van der Waals surface area contributed by atoms with Crippen LogP contribution in [0.3, 0.4) is 0 Å². The highest BCUT2D eigenvalue weighted by Gasteiger charge is 2.17. The molecule has 0 aromatic heterocycles. The number of hydrogen-bond acceptors (Lipinski definition) is 4. The first-order chi connectivity index (χ1) is 10.2. The van der Waals surface area contributed by atoms with Gasteiger partial charge in [-0.05, 0) is 5.56 Å². The van der Waals surface area contributed by atoms with E-state index in [1.807, 2.05) is 30.3 Å². The van der Waals surface area contributed by atoms with Crippen LogP contribution in [0, 0.1) is 0 Å². The van der Waals surface area contributed by atoms with Crippen LogP contribution in [0.1, 0.15) is 15.9 Å². The Labute approximate surface area is 122 Å². The first-order valence-corrected chi connectivity index (χ1v) is 6.31. The van der Waals surface area contributed by atoms with Crippen LogP contribution >= 0.6 is 0 Å². The molecule has 0 fully saturated rings. The van der Waals surface area contributed by atoms with Gasteiger partial charge in [0.1, 0.15) is 17.9 Å². The molecule has 110 valence electrons. The number of methoxy groups -OCH3 is 2. The van der Waals surface area contributed by atoms with E-state index in [1.54, 1.807) is 0 Å². The molecule has 2 rings (SSSR count). The summed E-state index contributed by atoms with van der Waals surface area (Å²) in [5.74, 6) is -0.0715. The molecule has 21 heavy (non-hydrogen) atoms. The Morgan fingerprint density at radius 3 is 2.24 bits per heavy atom. The van der Waals surface area contributed by atoms with Crippen molar-refractivity contribution in [3.05, 3.63) is 53.6 Å². The zero-order valence-corrected chi connectivity index (χ0v) is 11.8. The molecular formula is C16H16O5. The van der Waals surface area contributed by atoms with E-state index in [4.69, 9.17) is 14.2 Å². The fraction of sp³-hybridized carbons (Fsp3) is 0.188. The van der Waals surface area contributed by atoms with Crippen molar-refractivity contribution in [1.29, 1.82) is 0 Å². The van der Waals surface area contributed by atoms with E-state index in [2.05, 4.69) is 0 Å². The van der Waals surface area contributed by atoms with Gasteiger partial charge in [-0.25, -0.2) is 4.79 Å². The molecule has 0 spiro atoms. The molecule has 0 atom stereocenters. The molecule has 0 aliphatic heterocycles. The van der Waals surface area contributed by atoms with Gasteiger partial charge >= 0.3 is 5.97 Å². The molecule has 0 bridgehead atoms. The summed E-state index contributed by atoms with van der Waals surface area (Å²) in [6.45, 7) is 0.322. The van der Waals surface area contributed by atoms with Gasteiger partial charge in [0.05, 0.1) is 14.2 Å². The topological polar surface area (TPSA) is 65.0 Å². The molecule has 0 amide bonds. The van der Waals surface area contributed by atoms with Crippen molar-refractivity contribution >= 4 is 5.97 Å². The van der Waals surface area contributed by atoms with Gasteiger partial charge in [0, 0.05) is 12.1 Å². The predicted octanol–water partition coefficient (Wildman–Crippen LogP) is 2.98. The predicted molar refractivity (Wildman–Crippen MR) is 77.3 cm³/mol. The molecule has 2 aromatic carbocycles. The van der Waals surface area contributed by atoms with Crippen molar-refractivity contribution in [3.8, 4) is 17.2 Å². The van der Waals surface area contributed by atoms with Crippen LogP contribution < -0.4 is 14.2 Å². The fourth-order valence-electron chi connectivity index (χ4n) is 1.88. The highest BCUT2D eigenvalue weighted by Crippen LogP contribution is 2.35. The average Bonchev–Trinajstić information content (AvgIpc) is 2.52. The second kappa shape index (κ2) is 6.65. The largest absolute Gasteiger partial charge is 0.496 e. The second-order valence-corrected chi connectivity index (χ2v) is 4.28. The average molecular weight is 288 g/mol. The molecule has 0 saturated carbocycles. The van der Waals surface area contributed by atoms with E-state index < -0.39 is 5.97 Å². The summed E-state index contributed by atoms with van der Waals surface area (Å²) < 4.78 is 15.9. The fourth-order valence-corrected chi connectivity index (χ4v) is 1.88. The van der Waals surface area contributed by atoms with Gasteiger partial charge in [0.25, 0.3) is 0 Å². The van der Waals surface area contributed by atoms with E-state index in [9.17, 15) is 9.90 Å². The first-order valence-electron chi connectivity index (χ1n) is 6.31. The van der Waals surface area contributed by atoms with Gasteiger partial charge in [-0.2, -0.15) is 0 Å². The van der Waals surface area contributed by atoms with Crippen molar-refractivity contribution in [2.24, 2.45) is 0 Å². The molecular weight excluding hydrogens is 272 g/mol. The maximum absolute atomic E-state index is 11.2. The normalized spacial score (nSPS) is 10.0. The lowest BCUT2D eigenvalue weighted by Crippen LogP contribution is -2.04. The van der Waals surface area contributed by atoms with Gasteiger partial charge in [0.15, 0.2) is 11.5 Å². The van der Waals surface area contributed by atoms with E-state index >= 15 is 0 Å². The van der Waals surface area contributed by atoms with Crippen LogP contribution in [0.4, 0.5) is 0 Å². The maximum atomic E-state index is 11.2. The van der Waals surface area contributed by atoms with Crippen LogP contribution in [0.15, 0.2) is 42.5 Å². The third-order valence-electron chi connectivity index (χ3n) is 2.95. The highest BCUT2D eigenvalue weighted by atomic mass is 16.5. The number of ether oxygens (including phenoxy) is 3. The van der Waals surface area contributed by atoms with Gasteiger partial charge in [-0.1, -0.05) is 30.3 Å². The number of carboxylic acid groups (broad SMARTS) is 1. The van der Waals surface area contributed by atoms with Crippen LogP contribution in [0.2, 0.25) is 0 Å². The van der Waals surface area contributed by atoms with Gasteiger partial charge in [0.2, 0.25) is 0 Å². The van der Waals surface area contributed by atoms with Crippen LogP contribution in [-0.2, 0) is 6.61 Å². The minimum atomic E-state index is -1.08. The summed E-state index contributed by atoms with van der Waals surface area (Å²) in [6, 6.07) is 12.5. The smallest absolute Gasteiger partial charge is 0.339 e. The van der Waals surface area contributed by atoms with E-state index in [0.29, 0.717) is 18.1 Å². The summed E-state index contributed by atoms with van der Waals surface area (Å²) in [6.07, 6.45) is 0. The zero-order valence-electron chi connectivity index (χ0n) is 11.8. The summed E-state index contributed by atoms with van der Waals surface area (Å²) >= 11 is 0. The Bertz CT molecular complexity index is 622. The zero-order chi connectivity index (χ0) is 15.2. The van der Waals surface area contributed by atoms with Crippen LogP contribution in [0.5, 0.6) is 17.2 Å². The molecule has 5 nitrogen and oxygen atoms in total. The highest BCUT2D eigenvalue weighted by molar-refractivity contribution is 5.92. The third-order valence-corrected chi connectivity index (χ3v) is 2.95. The van der Waals surface area contributed by atoms with Gasteiger partial charge in [-0.15, -0.1) is 0 Å². The molecule has 0 saturated heterocycles. The number of aromatic carboxylic acids is 1. The molecule has 0 aliphatic rings. The summed E-state index contributed by atoms with van der Waals surface area (Å²) in [5.41, 5.74) is 1.01. The standard InChI is InChI=1S/C16H16O5/c1-19-13-9-14(20-2)15(8-12(13)16(17)18)21-10-11-6-4-3-5-7-11/h3-9H,10H2,1-2H3,(H,17,18). The molecule has 0 aliphatic carbocycles. The lowest BCUT2D eigenvalue weighted by Gasteiger charge is -2.14. The Morgan fingerprint density at radius 2 is 1.67 bits per heavy atom. The monoisotopic (exact) mass is 288 g/mol. The lowest BCUT2D eigenvalue weighted by atomic mass is 10.1. The maximum Gasteiger partial charge on any atom is 0.339 e. The van der Waals surface area contributed by atoms with Gasteiger partial charge in [-0.3, -0.25) is 0 Å². The quantitative estimate of drug-likeness (QED) is 0.885. The van der Waals surface area contributed by atoms with Crippen molar-refractivity contribution in [2.75, 3.05) is 14.2 Å². The number of carbonyl (C=O) groups is 1. The molecule has 0 unspecified atom stereocenters. The Kier molecular flexibility index (Phi) is 4.66. The Balaban J connectivity index is 2.29. The summed E-state index contributed by atoms with van der Waals surface area (Å²) in [4.78, 5) is 11.2. The van der Waals surface area contributed by atoms with Crippen molar-refractivity contribution in [2.45, 2.75) is 6.61 Å². The molecule has 1 N–H and O–H groups in total. The van der Waals surface area contributed by atoms with Crippen LogP contribution in [-0.4, -0.2) is 25.3 Å². The molecule has 0 radical (unpaired) electrons. The van der Waals surface area contributed by atoms with Crippen LogP contribution in [0.25, 0.3) is 0 Å². The SMILES string of the molecule is COc1cc(OC)c(C(=O)O)cc1OCc1ccccc1. The minimum Gasteiger partial charge on any atom is -0.496 e. The number of benzene rings is 2. The Morgan fingerprint density at radius 1 is 1.00 bits per heavy atom. The second-order valence-electron chi connectivity index (χ2n) is 4.28. The lowest BCUT2D eigenvalue weighted by molar-refractivity contribution is 0.0692. The van der Waals surface area contributed by atoms with Crippen molar-refractivity contribution in [1.82, 2.24) is 0 Å². The van der Waals surface area contributed by atoms with E-state index in [-0.39, 0.29) is 11.3 Å². The van der Waals surface area contributed by atoms with E-state index in [1.165, 1.54) is 26.4 Å². The molecule has 2 aromatic rings. The number of carboxylic acids is 1. The summed E-state index contributed by atoms with van der Waals surface area (Å²) in [5, 5.41) is 9.19. The van der Waals surface area contributed by atoms with Gasteiger partial charge < -0.3 is 19.3 Å². The number of hydrogen-bond donors (Lipinski definition) is 1. The minimum absolute atomic E-state index is 0.0290. The molecule has 5 heteroatoms.